The van der Waals surface area contributed by atoms with E-state index in [0.29, 0.717) is 0 Å². The fraction of sp³-hybridized carbons (Fsp3) is 0.571. The molecule has 2 heterocycles. The second kappa shape index (κ2) is 4.22. The van der Waals surface area contributed by atoms with Crippen LogP contribution in [0.2, 0.25) is 0 Å². The van der Waals surface area contributed by atoms with Crippen molar-refractivity contribution in [1.29, 1.82) is 0 Å². The summed E-state index contributed by atoms with van der Waals surface area (Å²) in [6.45, 7) is 4.06. The molecule has 3 nitrogen and oxygen atoms in total. The smallest absolute Gasteiger partial charge is 0.124 e. The van der Waals surface area contributed by atoms with Crippen LogP contribution in [0.4, 0.5) is 5.69 Å². The molecule has 0 fully saturated rings. The van der Waals surface area contributed by atoms with Gasteiger partial charge in [-0.1, -0.05) is 13.0 Å². The maximum Gasteiger partial charge on any atom is 0.124 e. The normalized spacial score (nSPS) is 19.5. The zero-order valence-electron chi connectivity index (χ0n) is 10.4. The lowest BCUT2D eigenvalue weighted by molar-refractivity contribution is 0.288. The van der Waals surface area contributed by atoms with Crippen molar-refractivity contribution >= 4 is 5.69 Å². The number of nitrogens with two attached hydrogens (primary N) is 1. The van der Waals surface area contributed by atoms with Crippen LogP contribution in [0.25, 0.3) is 0 Å². The highest BCUT2D eigenvalue weighted by Gasteiger charge is 2.28. The Morgan fingerprint density at radius 1 is 1.41 bits per heavy atom. The van der Waals surface area contributed by atoms with Gasteiger partial charge in [-0.05, 0) is 37.3 Å². The van der Waals surface area contributed by atoms with Gasteiger partial charge in [0, 0.05) is 17.8 Å². The molecule has 17 heavy (non-hydrogen) atoms. The van der Waals surface area contributed by atoms with E-state index in [0.717, 1.165) is 44.6 Å². The molecule has 2 aliphatic rings. The predicted molar refractivity (Wildman–Crippen MR) is 69.6 cm³/mol. The molecule has 0 saturated carbocycles. The van der Waals surface area contributed by atoms with Crippen LogP contribution < -0.4 is 15.4 Å². The number of ether oxygens (including phenoxy) is 1. The monoisotopic (exact) mass is 232 g/mol. The van der Waals surface area contributed by atoms with Gasteiger partial charge < -0.3 is 15.4 Å². The largest absolute Gasteiger partial charge is 0.493 e. The first-order chi connectivity index (χ1) is 8.31. The highest BCUT2D eigenvalue weighted by Crippen LogP contribution is 2.40. The maximum atomic E-state index is 6.21. The molecular weight excluding hydrogens is 212 g/mol. The molecule has 3 heteroatoms. The highest BCUT2D eigenvalue weighted by atomic mass is 16.5. The van der Waals surface area contributed by atoms with Crippen LogP contribution in [0.1, 0.15) is 30.9 Å². The van der Waals surface area contributed by atoms with E-state index in [1.165, 1.54) is 16.8 Å². The van der Waals surface area contributed by atoms with Crippen molar-refractivity contribution in [3.63, 3.8) is 0 Å². The van der Waals surface area contributed by atoms with Crippen LogP contribution in [-0.2, 0) is 12.8 Å². The van der Waals surface area contributed by atoms with Crippen LogP contribution in [0, 0.1) is 0 Å². The van der Waals surface area contributed by atoms with Gasteiger partial charge in [-0.2, -0.15) is 0 Å². The Bertz CT molecular complexity index is 430. The summed E-state index contributed by atoms with van der Waals surface area (Å²) in [5.74, 6) is 1.07. The summed E-state index contributed by atoms with van der Waals surface area (Å²) in [6.07, 6.45) is 4.51. The summed E-state index contributed by atoms with van der Waals surface area (Å²) in [7, 11) is 0. The number of rotatable bonds is 2. The average molecular weight is 232 g/mol. The van der Waals surface area contributed by atoms with E-state index in [-0.39, 0.29) is 6.17 Å². The van der Waals surface area contributed by atoms with E-state index in [1.54, 1.807) is 0 Å². The minimum Gasteiger partial charge on any atom is -0.493 e. The van der Waals surface area contributed by atoms with Gasteiger partial charge in [-0.3, -0.25) is 0 Å². The van der Waals surface area contributed by atoms with Gasteiger partial charge >= 0.3 is 0 Å². The second-order valence-electron chi connectivity index (χ2n) is 4.92. The summed E-state index contributed by atoms with van der Waals surface area (Å²) < 4.78 is 5.74. The topological polar surface area (TPSA) is 38.5 Å². The quantitative estimate of drug-likeness (QED) is 0.848. The number of hydrogen-bond donors (Lipinski definition) is 1. The Hall–Kier alpha value is -1.22. The van der Waals surface area contributed by atoms with Crippen LogP contribution in [-0.4, -0.2) is 19.3 Å². The zero-order chi connectivity index (χ0) is 11.8. The van der Waals surface area contributed by atoms with Crippen molar-refractivity contribution in [3.05, 3.63) is 23.3 Å². The minimum absolute atomic E-state index is 0.143. The molecule has 1 aromatic carbocycles. The predicted octanol–water partition coefficient (Wildman–Crippen LogP) is 2.07. The number of hydrogen-bond acceptors (Lipinski definition) is 3. The first-order valence-electron chi connectivity index (χ1n) is 6.61. The van der Waals surface area contributed by atoms with Gasteiger partial charge in [0.2, 0.25) is 0 Å². The molecule has 0 spiro atoms. The molecule has 0 aromatic heterocycles. The van der Waals surface area contributed by atoms with E-state index in [1.807, 2.05) is 0 Å². The third-order valence-electron chi connectivity index (χ3n) is 3.88. The number of nitrogens with zero attached hydrogens (tertiary/aromatic N) is 1. The molecule has 0 saturated heterocycles. The summed E-state index contributed by atoms with van der Waals surface area (Å²) >= 11 is 0. The van der Waals surface area contributed by atoms with Crippen LogP contribution >= 0.6 is 0 Å². The lowest BCUT2D eigenvalue weighted by atomic mass is 10.00. The van der Waals surface area contributed by atoms with Gasteiger partial charge in [0.15, 0.2) is 0 Å². The highest BCUT2D eigenvalue weighted by molar-refractivity contribution is 5.68. The molecule has 0 amide bonds. The van der Waals surface area contributed by atoms with Crippen molar-refractivity contribution in [2.24, 2.45) is 5.73 Å². The Kier molecular flexibility index (Phi) is 2.71. The molecule has 3 rings (SSSR count). The molecule has 1 atom stereocenters. The molecule has 1 unspecified atom stereocenters. The van der Waals surface area contributed by atoms with Crippen molar-refractivity contribution in [2.75, 3.05) is 18.1 Å². The SMILES string of the molecule is CCC(N)N1CCc2ccc3c(c21)CCCO3. The molecule has 2 N–H and O–H groups in total. The van der Waals surface area contributed by atoms with E-state index in [2.05, 4.69) is 24.0 Å². The average Bonchev–Trinajstić information content (AvgIpc) is 2.82. The fourth-order valence-corrected chi connectivity index (χ4v) is 2.94. The van der Waals surface area contributed by atoms with E-state index < -0.39 is 0 Å². The number of benzene rings is 1. The lowest BCUT2D eigenvalue weighted by Crippen LogP contribution is -2.41. The Morgan fingerprint density at radius 3 is 3.12 bits per heavy atom. The third-order valence-corrected chi connectivity index (χ3v) is 3.88. The molecule has 0 aliphatic carbocycles. The van der Waals surface area contributed by atoms with Gasteiger partial charge in [0.25, 0.3) is 0 Å². The number of anilines is 1. The Morgan fingerprint density at radius 2 is 2.29 bits per heavy atom. The maximum absolute atomic E-state index is 6.21. The molecular formula is C14H20N2O. The second-order valence-corrected chi connectivity index (χ2v) is 4.92. The Labute approximate surface area is 103 Å². The molecule has 92 valence electrons. The van der Waals surface area contributed by atoms with Crippen molar-refractivity contribution in [3.8, 4) is 5.75 Å². The van der Waals surface area contributed by atoms with Crippen LogP contribution in [0.15, 0.2) is 12.1 Å². The Balaban J connectivity index is 2.06. The fourth-order valence-electron chi connectivity index (χ4n) is 2.94. The van der Waals surface area contributed by atoms with E-state index in [9.17, 15) is 0 Å². The molecule has 2 aliphatic heterocycles. The summed E-state index contributed by atoms with van der Waals surface area (Å²) in [5.41, 5.74) is 10.4. The molecule has 0 bridgehead atoms. The third kappa shape index (κ3) is 1.69. The van der Waals surface area contributed by atoms with E-state index >= 15 is 0 Å². The number of fused-ring (bicyclic) bond motifs is 3. The summed E-state index contributed by atoms with van der Waals surface area (Å²) in [4.78, 5) is 2.36. The summed E-state index contributed by atoms with van der Waals surface area (Å²) in [6, 6.07) is 4.34. The first kappa shape index (κ1) is 10.9. The zero-order valence-corrected chi connectivity index (χ0v) is 10.4. The van der Waals surface area contributed by atoms with Crippen molar-refractivity contribution in [1.82, 2.24) is 0 Å². The van der Waals surface area contributed by atoms with Gasteiger partial charge in [0.05, 0.1) is 12.8 Å². The van der Waals surface area contributed by atoms with Crippen molar-refractivity contribution < 1.29 is 4.74 Å². The van der Waals surface area contributed by atoms with Crippen molar-refractivity contribution in [2.45, 2.75) is 38.8 Å². The molecule has 0 radical (unpaired) electrons. The van der Waals surface area contributed by atoms with Gasteiger partial charge in [-0.15, -0.1) is 0 Å². The summed E-state index contributed by atoms with van der Waals surface area (Å²) in [5, 5.41) is 0. The standard InChI is InChI=1S/C14H20N2O/c1-2-13(15)16-8-7-10-5-6-12-11(14(10)16)4-3-9-17-12/h5-6,13H,2-4,7-9,15H2,1H3. The van der Waals surface area contributed by atoms with E-state index in [4.69, 9.17) is 10.5 Å². The lowest BCUT2D eigenvalue weighted by Gasteiger charge is -2.30. The van der Waals surface area contributed by atoms with Gasteiger partial charge in [0.1, 0.15) is 5.75 Å². The van der Waals surface area contributed by atoms with Gasteiger partial charge in [-0.25, -0.2) is 0 Å². The molecule has 1 aromatic rings. The van der Waals surface area contributed by atoms with Crippen LogP contribution in [0.5, 0.6) is 5.75 Å². The van der Waals surface area contributed by atoms with Crippen LogP contribution in [0.3, 0.4) is 0 Å². The minimum atomic E-state index is 0.143. The first-order valence-corrected chi connectivity index (χ1v) is 6.61.